The monoisotopic (exact) mass is 424 g/mol. The normalized spacial score (nSPS) is 12.5. The summed E-state index contributed by atoms with van der Waals surface area (Å²) >= 11 is 1.34. The first-order valence-electron chi connectivity index (χ1n) is 9.02. The van der Waals surface area contributed by atoms with Gasteiger partial charge in [-0.15, -0.1) is 0 Å². The van der Waals surface area contributed by atoms with Crippen LogP contribution in [0.3, 0.4) is 0 Å². The molecule has 10 heteroatoms. The lowest BCUT2D eigenvalue weighted by Gasteiger charge is -2.08. The van der Waals surface area contributed by atoms with E-state index in [4.69, 9.17) is 18.7 Å². The van der Waals surface area contributed by atoms with Crippen molar-refractivity contribution < 1.29 is 18.7 Å². The first-order valence-corrected chi connectivity index (χ1v) is 10.0. The highest BCUT2D eigenvalue weighted by molar-refractivity contribution is 7.98. The summed E-state index contributed by atoms with van der Waals surface area (Å²) in [6.07, 6.45) is 0. The van der Waals surface area contributed by atoms with Crippen molar-refractivity contribution in [3.8, 4) is 28.6 Å². The number of hydrogen-bond acceptors (Lipinski definition) is 9. The summed E-state index contributed by atoms with van der Waals surface area (Å²) in [7, 11) is 3.28. The van der Waals surface area contributed by atoms with Gasteiger partial charge in [-0.3, -0.25) is 9.36 Å². The highest BCUT2D eigenvalue weighted by Crippen LogP contribution is 2.35. The number of methoxy groups -OCH3 is 1. The third-order valence-corrected chi connectivity index (χ3v) is 5.66. The summed E-state index contributed by atoms with van der Waals surface area (Å²) < 4.78 is 22.8. The SMILES string of the molecule is COc1cccc(-c2noc(CSc3nc4cc5c(cc4c(=O)n3C)OCO5)n2)c1. The number of fused-ring (bicyclic) bond motifs is 2. The largest absolute Gasteiger partial charge is 0.497 e. The molecule has 9 nitrogen and oxygen atoms in total. The van der Waals surface area contributed by atoms with Crippen LogP contribution >= 0.6 is 11.8 Å². The molecule has 0 bridgehead atoms. The Morgan fingerprint density at radius 1 is 1.17 bits per heavy atom. The van der Waals surface area contributed by atoms with Crippen molar-refractivity contribution in [2.75, 3.05) is 13.9 Å². The zero-order valence-electron chi connectivity index (χ0n) is 16.1. The lowest BCUT2D eigenvalue weighted by molar-refractivity contribution is 0.174. The van der Waals surface area contributed by atoms with Crippen molar-refractivity contribution in [3.63, 3.8) is 0 Å². The van der Waals surface area contributed by atoms with E-state index in [2.05, 4.69) is 15.1 Å². The highest BCUT2D eigenvalue weighted by Gasteiger charge is 2.19. The summed E-state index contributed by atoms with van der Waals surface area (Å²) in [5, 5.41) is 5.04. The second-order valence-corrected chi connectivity index (χ2v) is 7.46. The van der Waals surface area contributed by atoms with Crippen LogP contribution in [0.15, 0.2) is 50.9 Å². The van der Waals surface area contributed by atoms with Crippen molar-refractivity contribution >= 4 is 22.7 Å². The predicted molar refractivity (Wildman–Crippen MR) is 109 cm³/mol. The van der Waals surface area contributed by atoms with Crippen LogP contribution in [0, 0.1) is 0 Å². The Morgan fingerprint density at radius 3 is 2.83 bits per heavy atom. The first kappa shape index (κ1) is 18.5. The predicted octanol–water partition coefficient (Wildman–Crippen LogP) is 3.01. The molecule has 0 fully saturated rings. The maximum Gasteiger partial charge on any atom is 0.261 e. The standard InChI is InChI=1S/C20H16N4O5S/c1-24-19(25)13-7-15-16(28-10-27-15)8-14(13)21-20(24)30-9-17-22-18(23-29-17)11-4-3-5-12(6-11)26-2/h3-8H,9-10H2,1-2H3. The lowest BCUT2D eigenvalue weighted by atomic mass is 10.2. The van der Waals surface area contributed by atoms with E-state index in [1.807, 2.05) is 24.3 Å². The van der Waals surface area contributed by atoms with Crippen molar-refractivity contribution in [1.82, 2.24) is 19.7 Å². The van der Waals surface area contributed by atoms with E-state index in [9.17, 15) is 4.79 Å². The molecule has 0 radical (unpaired) electrons. The molecule has 0 unspecified atom stereocenters. The van der Waals surface area contributed by atoms with Crippen LogP contribution in [0.1, 0.15) is 5.89 Å². The minimum atomic E-state index is -0.164. The van der Waals surface area contributed by atoms with Gasteiger partial charge in [0.25, 0.3) is 5.56 Å². The van der Waals surface area contributed by atoms with Crippen LogP contribution < -0.4 is 19.8 Å². The van der Waals surface area contributed by atoms with E-state index in [-0.39, 0.29) is 12.4 Å². The summed E-state index contributed by atoms with van der Waals surface area (Å²) in [5.41, 5.74) is 1.18. The van der Waals surface area contributed by atoms with E-state index in [1.54, 1.807) is 26.3 Å². The average Bonchev–Trinajstić information content (AvgIpc) is 3.43. The van der Waals surface area contributed by atoms with Gasteiger partial charge in [-0.1, -0.05) is 29.1 Å². The molecular weight excluding hydrogens is 408 g/mol. The Kier molecular flexibility index (Phi) is 4.55. The van der Waals surface area contributed by atoms with Gasteiger partial charge in [-0.2, -0.15) is 4.98 Å². The molecule has 4 aromatic rings. The number of hydrogen-bond donors (Lipinski definition) is 0. The Balaban J connectivity index is 1.40. The fourth-order valence-electron chi connectivity index (χ4n) is 3.09. The molecule has 5 rings (SSSR count). The number of rotatable bonds is 5. The van der Waals surface area contributed by atoms with Crippen molar-refractivity contribution in [2.24, 2.45) is 7.05 Å². The van der Waals surface area contributed by atoms with Gasteiger partial charge in [0.15, 0.2) is 16.7 Å². The molecule has 0 amide bonds. The van der Waals surface area contributed by atoms with Gasteiger partial charge < -0.3 is 18.7 Å². The molecule has 0 saturated heterocycles. The lowest BCUT2D eigenvalue weighted by Crippen LogP contribution is -2.20. The average molecular weight is 424 g/mol. The Labute approximate surface area is 174 Å². The molecule has 1 aliphatic rings. The number of benzene rings is 2. The Morgan fingerprint density at radius 2 is 2.00 bits per heavy atom. The zero-order chi connectivity index (χ0) is 20.7. The summed E-state index contributed by atoms with van der Waals surface area (Å²) in [6.45, 7) is 0.139. The fourth-order valence-corrected chi connectivity index (χ4v) is 3.90. The smallest absolute Gasteiger partial charge is 0.261 e. The van der Waals surface area contributed by atoms with E-state index in [0.717, 1.165) is 5.56 Å². The Bertz CT molecular complexity index is 1320. The van der Waals surface area contributed by atoms with Crippen LogP contribution in [0.25, 0.3) is 22.3 Å². The molecule has 152 valence electrons. The molecule has 1 aliphatic heterocycles. The van der Waals surface area contributed by atoms with E-state index >= 15 is 0 Å². The highest BCUT2D eigenvalue weighted by atomic mass is 32.2. The molecule has 3 heterocycles. The quantitative estimate of drug-likeness (QED) is 0.353. The van der Waals surface area contributed by atoms with Crippen LogP contribution in [0.4, 0.5) is 0 Å². The molecule has 0 N–H and O–H groups in total. The van der Waals surface area contributed by atoms with Crippen molar-refractivity contribution in [3.05, 3.63) is 52.6 Å². The molecule has 0 atom stereocenters. The second-order valence-electron chi connectivity index (χ2n) is 6.51. The number of ether oxygens (including phenoxy) is 3. The number of nitrogens with zero attached hydrogens (tertiary/aromatic N) is 4. The van der Waals surface area contributed by atoms with Gasteiger partial charge in [0.2, 0.25) is 18.5 Å². The molecule has 2 aromatic carbocycles. The molecule has 0 saturated carbocycles. The molecule has 30 heavy (non-hydrogen) atoms. The van der Waals surface area contributed by atoms with Gasteiger partial charge in [0, 0.05) is 18.7 Å². The molecule has 2 aromatic heterocycles. The van der Waals surface area contributed by atoms with Gasteiger partial charge in [-0.05, 0) is 18.2 Å². The van der Waals surface area contributed by atoms with E-state index in [0.29, 0.717) is 50.8 Å². The molecule has 0 spiro atoms. The minimum absolute atomic E-state index is 0.139. The van der Waals surface area contributed by atoms with Crippen LogP contribution in [-0.2, 0) is 12.8 Å². The van der Waals surface area contributed by atoms with E-state index in [1.165, 1.54) is 16.3 Å². The maximum absolute atomic E-state index is 12.8. The topological polar surface area (TPSA) is 102 Å². The van der Waals surface area contributed by atoms with Gasteiger partial charge in [0.1, 0.15) is 5.75 Å². The maximum atomic E-state index is 12.8. The Hall–Kier alpha value is -3.53. The zero-order valence-corrected chi connectivity index (χ0v) is 16.9. The van der Waals surface area contributed by atoms with Crippen molar-refractivity contribution in [2.45, 2.75) is 10.9 Å². The number of aromatic nitrogens is 4. The molecule has 0 aliphatic carbocycles. The van der Waals surface area contributed by atoms with Gasteiger partial charge in [-0.25, -0.2) is 4.98 Å². The third-order valence-electron chi connectivity index (χ3n) is 4.65. The summed E-state index contributed by atoms with van der Waals surface area (Å²) in [6, 6.07) is 10.8. The molecular formula is C20H16N4O5S. The summed E-state index contributed by atoms with van der Waals surface area (Å²) in [4.78, 5) is 21.8. The number of thioether (sulfide) groups is 1. The van der Waals surface area contributed by atoms with Gasteiger partial charge in [0.05, 0.1) is 23.8 Å². The first-order chi connectivity index (χ1) is 14.6. The van der Waals surface area contributed by atoms with Gasteiger partial charge >= 0.3 is 0 Å². The van der Waals surface area contributed by atoms with E-state index < -0.39 is 0 Å². The second kappa shape index (κ2) is 7.38. The third kappa shape index (κ3) is 3.24. The minimum Gasteiger partial charge on any atom is -0.497 e. The fraction of sp³-hybridized carbons (Fsp3) is 0.200. The van der Waals surface area contributed by atoms with Crippen molar-refractivity contribution in [1.29, 1.82) is 0 Å². The van der Waals surface area contributed by atoms with Crippen LogP contribution in [-0.4, -0.2) is 33.6 Å². The van der Waals surface area contributed by atoms with Crippen LogP contribution in [0.5, 0.6) is 17.2 Å². The summed E-state index contributed by atoms with van der Waals surface area (Å²) in [5.74, 6) is 3.12. The van der Waals surface area contributed by atoms with Crippen LogP contribution in [0.2, 0.25) is 0 Å².